The van der Waals surface area contributed by atoms with Gasteiger partial charge in [0.25, 0.3) is 10.0 Å². The maximum Gasteiger partial charge on any atom is 0.264 e. The molecule has 0 aromatic heterocycles. The summed E-state index contributed by atoms with van der Waals surface area (Å²) in [5, 5.41) is 2.89. The fraction of sp³-hybridized carbons (Fsp3) is 0.296. The molecule has 1 amide bonds. The first-order chi connectivity index (χ1) is 17.7. The van der Waals surface area contributed by atoms with Gasteiger partial charge < -0.3 is 19.5 Å². The van der Waals surface area contributed by atoms with Gasteiger partial charge in [-0.25, -0.2) is 8.42 Å². The van der Waals surface area contributed by atoms with Gasteiger partial charge in [-0.15, -0.1) is 11.8 Å². The van der Waals surface area contributed by atoms with Gasteiger partial charge in [-0.1, -0.05) is 18.2 Å². The molecule has 1 atom stereocenters. The summed E-state index contributed by atoms with van der Waals surface area (Å²) in [4.78, 5) is 14.2. The topological polar surface area (TPSA) is 94.2 Å². The van der Waals surface area contributed by atoms with Crippen LogP contribution in [-0.2, 0) is 14.8 Å². The summed E-state index contributed by atoms with van der Waals surface area (Å²) < 4.78 is 45.0. The summed E-state index contributed by atoms with van der Waals surface area (Å²) in [6, 6.07) is 18.3. The summed E-state index contributed by atoms with van der Waals surface area (Å²) in [6.45, 7) is 3.53. The van der Waals surface area contributed by atoms with Crippen LogP contribution in [0.5, 0.6) is 17.2 Å². The van der Waals surface area contributed by atoms with E-state index in [1.165, 1.54) is 18.9 Å². The average molecular weight is 545 g/mol. The van der Waals surface area contributed by atoms with E-state index in [4.69, 9.17) is 14.2 Å². The van der Waals surface area contributed by atoms with E-state index < -0.39 is 28.5 Å². The molecule has 0 radical (unpaired) electrons. The number of benzene rings is 3. The fourth-order valence-corrected chi connectivity index (χ4v) is 5.58. The molecule has 0 saturated heterocycles. The van der Waals surface area contributed by atoms with Gasteiger partial charge in [0.1, 0.15) is 12.3 Å². The molecule has 0 unspecified atom stereocenters. The number of amides is 1. The Bertz CT molecular complexity index is 1310. The van der Waals surface area contributed by atoms with Crippen molar-refractivity contribution in [3.05, 3.63) is 72.3 Å². The second-order valence-corrected chi connectivity index (χ2v) is 10.7. The van der Waals surface area contributed by atoms with E-state index in [0.717, 1.165) is 14.8 Å². The van der Waals surface area contributed by atoms with Crippen molar-refractivity contribution in [2.24, 2.45) is 0 Å². The third-order valence-electron chi connectivity index (χ3n) is 5.65. The Kier molecular flexibility index (Phi) is 9.71. The minimum atomic E-state index is -4.09. The largest absolute Gasteiger partial charge is 0.493 e. The molecule has 0 spiro atoms. The van der Waals surface area contributed by atoms with Crippen LogP contribution in [0.25, 0.3) is 0 Å². The van der Waals surface area contributed by atoms with Crippen LogP contribution < -0.4 is 23.8 Å². The molecule has 0 fully saturated rings. The summed E-state index contributed by atoms with van der Waals surface area (Å²) in [5.74, 6) is 1.000. The fourth-order valence-electron chi connectivity index (χ4n) is 3.74. The predicted octanol–water partition coefficient (Wildman–Crippen LogP) is 4.90. The van der Waals surface area contributed by atoms with E-state index in [0.29, 0.717) is 23.9 Å². The SMILES string of the molecule is CCOc1ccccc1N(CC(=O)N[C@@H](C)c1ccc(OC)c(OC)c1)S(=O)(=O)c1ccc(SC)cc1. The molecular weight excluding hydrogens is 512 g/mol. The number of ether oxygens (including phenoxy) is 3. The first-order valence-corrected chi connectivity index (χ1v) is 14.3. The Hall–Kier alpha value is -3.37. The van der Waals surface area contributed by atoms with E-state index in [1.54, 1.807) is 67.8 Å². The van der Waals surface area contributed by atoms with Gasteiger partial charge in [0.05, 0.1) is 37.5 Å². The summed E-state index contributed by atoms with van der Waals surface area (Å²) in [7, 11) is -1.00. The number of carbonyl (C=O) groups excluding carboxylic acids is 1. The molecule has 1 N–H and O–H groups in total. The number of carbonyl (C=O) groups is 1. The molecule has 10 heteroatoms. The lowest BCUT2D eigenvalue weighted by atomic mass is 10.1. The predicted molar refractivity (Wildman–Crippen MR) is 146 cm³/mol. The highest BCUT2D eigenvalue weighted by molar-refractivity contribution is 7.98. The molecular formula is C27H32N2O6S2. The van der Waals surface area contributed by atoms with Crippen molar-refractivity contribution in [2.75, 3.05) is 37.9 Å². The highest BCUT2D eigenvalue weighted by atomic mass is 32.2. The second-order valence-electron chi connectivity index (χ2n) is 7.99. The molecule has 3 aromatic carbocycles. The van der Waals surface area contributed by atoms with Gasteiger partial charge in [0.15, 0.2) is 11.5 Å². The van der Waals surface area contributed by atoms with E-state index >= 15 is 0 Å². The third kappa shape index (κ3) is 6.69. The quantitative estimate of drug-likeness (QED) is 0.324. The number of anilines is 1. The van der Waals surface area contributed by atoms with Crippen molar-refractivity contribution in [3.63, 3.8) is 0 Å². The molecule has 0 aliphatic heterocycles. The number of methoxy groups -OCH3 is 2. The molecule has 0 heterocycles. The van der Waals surface area contributed by atoms with Crippen LogP contribution in [0.1, 0.15) is 25.5 Å². The molecule has 0 bridgehead atoms. The van der Waals surface area contributed by atoms with Crippen LogP contribution in [0.4, 0.5) is 5.69 Å². The first-order valence-electron chi connectivity index (χ1n) is 11.6. The maximum atomic E-state index is 13.8. The number of hydrogen-bond donors (Lipinski definition) is 1. The van der Waals surface area contributed by atoms with Gasteiger partial charge in [0, 0.05) is 4.90 Å². The van der Waals surface area contributed by atoms with Crippen molar-refractivity contribution in [1.82, 2.24) is 5.32 Å². The van der Waals surface area contributed by atoms with E-state index in [2.05, 4.69) is 5.32 Å². The molecule has 8 nitrogen and oxygen atoms in total. The van der Waals surface area contributed by atoms with Crippen LogP contribution in [0, 0.1) is 0 Å². The highest BCUT2D eigenvalue weighted by Crippen LogP contribution is 2.33. The van der Waals surface area contributed by atoms with Crippen LogP contribution in [0.15, 0.2) is 76.5 Å². The van der Waals surface area contributed by atoms with Gasteiger partial charge in [0.2, 0.25) is 5.91 Å². The number of rotatable bonds is 12. The molecule has 198 valence electrons. The zero-order valence-corrected chi connectivity index (χ0v) is 23.2. The van der Waals surface area contributed by atoms with Gasteiger partial charge >= 0.3 is 0 Å². The Morgan fingerprint density at radius 3 is 2.27 bits per heavy atom. The normalized spacial score (nSPS) is 11.9. The van der Waals surface area contributed by atoms with Crippen molar-refractivity contribution < 1.29 is 27.4 Å². The number of nitrogens with zero attached hydrogens (tertiary/aromatic N) is 1. The summed E-state index contributed by atoms with van der Waals surface area (Å²) in [6.07, 6.45) is 1.91. The lowest BCUT2D eigenvalue weighted by Crippen LogP contribution is -2.41. The molecule has 37 heavy (non-hydrogen) atoms. The van der Waals surface area contributed by atoms with Gasteiger partial charge in [-0.3, -0.25) is 9.10 Å². The van der Waals surface area contributed by atoms with Gasteiger partial charge in [-0.2, -0.15) is 0 Å². The van der Waals surface area contributed by atoms with Crippen LogP contribution in [0.2, 0.25) is 0 Å². The monoisotopic (exact) mass is 544 g/mol. The number of hydrogen-bond acceptors (Lipinski definition) is 7. The smallest absolute Gasteiger partial charge is 0.264 e. The standard InChI is InChI=1S/C27H32N2O6S2/c1-6-35-24-10-8-7-9-23(24)29(37(31,32)22-14-12-21(36-5)13-15-22)18-27(30)28-19(2)20-11-16-25(33-3)26(17-20)34-4/h7-17,19H,6,18H2,1-5H3,(H,28,30)/t19-/m0/s1. The van der Waals surface area contributed by atoms with Crippen molar-refractivity contribution in [3.8, 4) is 17.2 Å². The number of nitrogens with one attached hydrogen (secondary N) is 1. The van der Waals surface area contributed by atoms with E-state index in [1.807, 2.05) is 26.2 Å². The Morgan fingerprint density at radius 1 is 0.973 bits per heavy atom. The van der Waals surface area contributed by atoms with Crippen molar-refractivity contribution >= 4 is 33.4 Å². The molecule has 0 saturated carbocycles. The average Bonchev–Trinajstić information content (AvgIpc) is 2.91. The zero-order chi connectivity index (χ0) is 27.0. The molecule has 0 aliphatic rings. The Balaban J connectivity index is 1.93. The van der Waals surface area contributed by atoms with Crippen LogP contribution in [-0.4, -0.2) is 48.0 Å². The molecule has 3 rings (SSSR count). The van der Waals surface area contributed by atoms with Crippen molar-refractivity contribution in [1.29, 1.82) is 0 Å². The minimum Gasteiger partial charge on any atom is -0.493 e. The highest BCUT2D eigenvalue weighted by Gasteiger charge is 2.30. The van der Waals surface area contributed by atoms with Gasteiger partial charge in [-0.05, 0) is 74.2 Å². The first kappa shape index (κ1) is 28.2. The molecule has 3 aromatic rings. The number of sulfonamides is 1. The Labute approximate surface area is 223 Å². The zero-order valence-electron chi connectivity index (χ0n) is 21.6. The van der Waals surface area contributed by atoms with Crippen molar-refractivity contribution in [2.45, 2.75) is 29.7 Å². The van der Waals surface area contributed by atoms with E-state index in [-0.39, 0.29) is 10.6 Å². The second kappa shape index (κ2) is 12.7. The summed E-state index contributed by atoms with van der Waals surface area (Å²) >= 11 is 1.51. The van der Waals surface area contributed by atoms with Crippen LogP contribution in [0.3, 0.4) is 0 Å². The number of para-hydroxylation sites is 2. The van der Waals surface area contributed by atoms with Crippen LogP contribution >= 0.6 is 11.8 Å². The third-order valence-corrected chi connectivity index (χ3v) is 8.17. The summed E-state index contributed by atoms with van der Waals surface area (Å²) in [5.41, 5.74) is 1.06. The number of thioether (sulfide) groups is 1. The van der Waals surface area contributed by atoms with E-state index in [9.17, 15) is 13.2 Å². The maximum absolute atomic E-state index is 13.8. The molecule has 0 aliphatic carbocycles. The lowest BCUT2D eigenvalue weighted by molar-refractivity contribution is -0.120. The lowest BCUT2D eigenvalue weighted by Gasteiger charge is -2.27. The Morgan fingerprint density at radius 2 is 1.65 bits per heavy atom. The minimum absolute atomic E-state index is 0.0809.